The second-order valence-corrected chi connectivity index (χ2v) is 4.80. The molecule has 1 aromatic rings. The smallest absolute Gasteiger partial charge is 0.167 e. The number of nitrogens with zero attached hydrogens (tertiary/aromatic N) is 2. The van der Waals surface area contributed by atoms with E-state index < -0.39 is 0 Å². The molecule has 1 rings (SSSR count). The minimum absolute atomic E-state index is 0.235. The van der Waals surface area contributed by atoms with Gasteiger partial charge in [0, 0.05) is 30.4 Å². The molecule has 0 radical (unpaired) electrons. The van der Waals surface area contributed by atoms with E-state index in [1.54, 1.807) is 29.7 Å². The third-order valence-corrected chi connectivity index (χ3v) is 4.13. The average molecular weight is 218 g/mol. The Bertz CT molecular complexity index is 248. The van der Waals surface area contributed by atoms with Gasteiger partial charge in [0.25, 0.3) is 0 Å². The number of imidazole rings is 1. The molecule has 13 heavy (non-hydrogen) atoms. The Labute approximate surface area is 86.9 Å². The number of rotatable bonds is 5. The zero-order chi connectivity index (χ0) is 9.68. The lowest BCUT2D eigenvalue weighted by atomic mass is 10.5. The number of hydrogen-bond donors (Lipinski definition) is 1. The zero-order valence-corrected chi connectivity index (χ0v) is 9.44. The predicted octanol–water partition coefficient (Wildman–Crippen LogP) is 1.24. The first-order valence-electron chi connectivity index (χ1n) is 4.01. The molecule has 1 aromatic heterocycles. The lowest BCUT2D eigenvalue weighted by Gasteiger charge is -2.09. The van der Waals surface area contributed by atoms with Crippen LogP contribution < -0.4 is 0 Å². The van der Waals surface area contributed by atoms with Gasteiger partial charge in [-0.25, -0.2) is 4.98 Å². The summed E-state index contributed by atoms with van der Waals surface area (Å²) in [7, 11) is 1.97. The van der Waals surface area contributed by atoms with Gasteiger partial charge in [-0.2, -0.15) is 11.8 Å². The fourth-order valence-electron chi connectivity index (χ4n) is 0.854. The molecule has 1 N–H and O–H groups in total. The summed E-state index contributed by atoms with van der Waals surface area (Å²) in [6, 6.07) is 0. The van der Waals surface area contributed by atoms with Crippen LogP contribution in [0.2, 0.25) is 0 Å². The van der Waals surface area contributed by atoms with E-state index >= 15 is 0 Å². The first-order chi connectivity index (χ1) is 6.27. The SMILES string of the molecule is CSC(CO)CSc1nccn1C. The molecule has 0 aliphatic rings. The van der Waals surface area contributed by atoms with Crippen LogP contribution in [0.4, 0.5) is 0 Å². The van der Waals surface area contributed by atoms with E-state index in [4.69, 9.17) is 5.11 Å². The number of hydrogen-bond acceptors (Lipinski definition) is 4. The van der Waals surface area contributed by atoms with Gasteiger partial charge in [-0.1, -0.05) is 11.8 Å². The molecule has 1 unspecified atom stereocenters. The third kappa shape index (κ3) is 3.25. The van der Waals surface area contributed by atoms with Crippen LogP contribution in [0.25, 0.3) is 0 Å². The van der Waals surface area contributed by atoms with Gasteiger partial charge >= 0.3 is 0 Å². The molecule has 0 amide bonds. The Hall–Kier alpha value is -0.130. The monoisotopic (exact) mass is 218 g/mol. The van der Waals surface area contributed by atoms with Gasteiger partial charge < -0.3 is 9.67 Å². The molecule has 0 aliphatic heterocycles. The van der Waals surface area contributed by atoms with E-state index in [0.29, 0.717) is 5.25 Å². The Kier molecular flexibility index (Phi) is 4.69. The minimum Gasteiger partial charge on any atom is -0.395 e. The van der Waals surface area contributed by atoms with Gasteiger partial charge in [0.2, 0.25) is 0 Å². The second-order valence-electron chi connectivity index (χ2n) is 2.67. The summed E-state index contributed by atoms with van der Waals surface area (Å²) in [5.74, 6) is 0.905. The third-order valence-electron chi connectivity index (χ3n) is 1.71. The van der Waals surface area contributed by atoms with E-state index in [0.717, 1.165) is 10.9 Å². The van der Waals surface area contributed by atoms with Gasteiger partial charge in [0.1, 0.15) is 0 Å². The summed E-state index contributed by atoms with van der Waals surface area (Å²) in [5.41, 5.74) is 0. The molecule has 3 nitrogen and oxygen atoms in total. The summed E-state index contributed by atoms with van der Waals surface area (Å²) < 4.78 is 1.99. The van der Waals surface area contributed by atoms with Crippen molar-refractivity contribution in [2.24, 2.45) is 7.05 Å². The standard InChI is InChI=1S/C8H14N2OS2/c1-10-4-3-9-8(10)13-6-7(5-11)12-2/h3-4,7,11H,5-6H2,1-2H3. The highest BCUT2D eigenvalue weighted by Crippen LogP contribution is 2.19. The van der Waals surface area contributed by atoms with Crippen LogP contribution in [0, 0.1) is 0 Å². The first-order valence-corrected chi connectivity index (χ1v) is 6.29. The van der Waals surface area contributed by atoms with Crippen molar-refractivity contribution in [2.45, 2.75) is 10.4 Å². The maximum absolute atomic E-state index is 8.96. The van der Waals surface area contributed by atoms with Crippen LogP contribution in [0.3, 0.4) is 0 Å². The molecule has 0 saturated heterocycles. The Morgan fingerprint density at radius 2 is 2.46 bits per heavy atom. The number of thioether (sulfide) groups is 2. The highest BCUT2D eigenvalue weighted by Gasteiger charge is 2.07. The second kappa shape index (κ2) is 5.57. The van der Waals surface area contributed by atoms with Crippen LogP contribution in [0.15, 0.2) is 17.6 Å². The molecule has 74 valence electrons. The van der Waals surface area contributed by atoms with Crippen LogP contribution in [-0.2, 0) is 7.05 Å². The first kappa shape index (κ1) is 10.9. The van der Waals surface area contributed by atoms with Crippen molar-refractivity contribution in [2.75, 3.05) is 18.6 Å². The number of aromatic nitrogens is 2. The lowest BCUT2D eigenvalue weighted by Crippen LogP contribution is -2.11. The van der Waals surface area contributed by atoms with Crippen molar-refractivity contribution in [1.29, 1.82) is 0 Å². The van der Waals surface area contributed by atoms with E-state index in [9.17, 15) is 0 Å². The van der Waals surface area contributed by atoms with Gasteiger partial charge in [-0.15, -0.1) is 0 Å². The zero-order valence-electron chi connectivity index (χ0n) is 7.80. The Balaban J connectivity index is 2.38. The molecular formula is C8H14N2OS2. The normalized spacial score (nSPS) is 13.2. The minimum atomic E-state index is 0.235. The summed E-state index contributed by atoms with van der Waals surface area (Å²) in [6.07, 6.45) is 5.73. The Morgan fingerprint density at radius 1 is 1.69 bits per heavy atom. The van der Waals surface area contributed by atoms with Crippen molar-refractivity contribution in [3.05, 3.63) is 12.4 Å². The van der Waals surface area contributed by atoms with Crippen LogP contribution in [0.1, 0.15) is 0 Å². The van der Waals surface area contributed by atoms with Crippen molar-refractivity contribution >= 4 is 23.5 Å². The van der Waals surface area contributed by atoms with Crippen molar-refractivity contribution in [3.8, 4) is 0 Å². The molecule has 0 saturated carbocycles. The molecule has 1 heterocycles. The van der Waals surface area contributed by atoms with Gasteiger partial charge in [-0.05, 0) is 6.26 Å². The van der Waals surface area contributed by atoms with E-state index in [-0.39, 0.29) is 6.61 Å². The van der Waals surface area contributed by atoms with Crippen molar-refractivity contribution in [1.82, 2.24) is 9.55 Å². The molecule has 0 bridgehead atoms. The fourth-order valence-corrected chi connectivity index (χ4v) is 2.59. The highest BCUT2D eigenvalue weighted by atomic mass is 32.2. The summed E-state index contributed by atoms with van der Waals surface area (Å²) in [4.78, 5) is 4.19. The van der Waals surface area contributed by atoms with Gasteiger partial charge in [0.05, 0.1) is 6.61 Å². The molecule has 0 aromatic carbocycles. The maximum Gasteiger partial charge on any atom is 0.167 e. The fraction of sp³-hybridized carbons (Fsp3) is 0.625. The molecule has 0 spiro atoms. The van der Waals surface area contributed by atoms with Crippen molar-refractivity contribution in [3.63, 3.8) is 0 Å². The van der Waals surface area contributed by atoms with E-state index in [1.807, 2.05) is 24.1 Å². The van der Waals surface area contributed by atoms with Crippen LogP contribution >= 0.6 is 23.5 Å². The molecule has 1 atom stereocenters. The number of aryl methyl sites for hydroxylation is 1. The largest absolute Gasteiger partial charge is 0.395 e. The molecule has 5 heteroatoms. The summed E-state index contributed by atoms with van der Waals surface area (Å²) >= 11 is 3.37. The quantitative estimate of drug-likeness (QED) is 0.755. The average Bonchev–Trinajstić information content (AvgIpc) is 2.54. The van der Waals surface area contributed by atoms with Gasteiger partial charge in [-0.3, -0.25) is 0 Å². The van der Waals surface area contributed by atoms with Crippen molar-refractivity contribution < 1.29 is 5.11 Å². The summed E-state index contributed by atoms with van der Waals surface area (Å²) in [6.45, 7) is 0.235. The number of aliphatic hydroxyl groups is 1. The van der Waals surface area contributed by atoms with E-state index in [1.165, 1.54) is 0 Å². The molecule has 0 aliphatic carbocycles. The number of aliphatic hydroxyl groups excluding tert-OH is 1. The van der Waals surface area contributed by atoms with Gasteiger partial charge in [0.15, 0.2) is 5.16 Å². The Morgan fingerprint density at radius 3 is 2.92 bits per heavy atom. The summed E-state index contributed by atoms with van der Waals surface area (Å²) in [5, 5.41) is 10.3. The lowest BCUT2D eigenvalue weighted by molar-refractivity contribution is 0.301. The van der Waals surface area contributed by atoms with Crippen LogP contribution in [0.5, 0.6) is 0 Å². The molecule has 0 fully saturated rings. The topological polar surface area (TPSA) is 38.1 Å². The highest BCUT2D eigenvalue weighted by molar-refractivity contribution is 8.03. The maximum atomic E-state index is 8.96. The predicted molar refractivity (Wildman–Crippen MR) is 58.3 cm³/mol. The molecular weight excluding hydrogens is 204 g/mol. The van der Waals surface area contributed by atoms with E-state index in [2.05, 4.69) is 4.98 Å². The van der Waals surface area contributed by atoms with Crippen LogP contribution in [-0.4, -0.2) is 38.5 Å².